The number of hydrogen-bond donors (Lipinski definition) is 2. The third kappa shape index (κ3) is 3.03. The van der Waals surface area contributed by atoms with E-state index in [0.717, 1.165) is 23.4 Å². The lowest BCUT2D eigenvalue weighted by molar-refractivity contribution is 1.11. The summed E-state index contributed by atoms with van der Waals surface area (Å²) in [6, 6.07) is 2.00. The number of nitrogens with one attached hydrogen (secondary N) is 1. The zero-order valence-electron chi connectivity index (χ0n) is 8.71. The highest BCUT2D eigenvalue weighted by atomic mass is 32.2. The topological polar surface area (TPSA) is 50.9 Å². The fraction of sp³-hybridized carbons (Fsp3) is 0.400. The highest BCUT2D eigenvalue weighted by Crippen LogP contribution is 2.22. The Hall–Kier alpha value is -1.03. The van der Waals surface area contributed by atoms with Crippen molar-refractivity contribution < 1.29 is 0 Å². The van der Waals surface area contributed by atoms with Gasteiger partial charge >= 0.3 is 0 Å². The highest BCUT2D eigenvalue weighted by Gasteiger charge is 2.00. The van der Waals surface area contributed by atoms with E-state index in [0.29, 0.717) is 5.82 Å². The number of hydrogen-bond acceptors (Lipinski definition) is 3. The van der Waals surface area contributed by atoms with Crippen molar-refractivity contribution in [2.45, 2.75) is 20.3 Å². The minimum absolute atomic E-state index is 0.0596. The number of nitrogens with two attached hydrogens (primary N) is 1. The first-order valence-corrected chi connectivity index (χ1v) is 6.19. The third-order valence-corrected chi connectivity index (χ3v) is 3.17. The Kier molecular flexibility index (Phi) is 3.95. The predicted molar refractivity (Wildman–Crippen MR) is 66.9 cm³/mol. The lowest BCUT2D eigenvalue weighted by Gasteiger charge is -2.11. The van der Waals surface area contributed by atoms with E-state index in [-0.39, 0.29) is 10.7 Å². The van der Waals surface area contributed by atoms with Gasteiger partial charge < -0.3 is 10.5 Å². The van der Waals surface area contributed by atoms with Gasteiger partial charge in [0.1, 0.15) is 5.82 Å². The van der Waals surface area contributed by atoms with Crippen LogP contribution in [0.25, 0.3) is 0 Å². The van der Waals surface area contributed by atoms with E-state index in [1.807, 2.05) is 13.0 Å². The van der Waals surface area contributed by atoms with Crippen molar-refractivity contribution in [1.29, 1.82) is 0 Å². The molecule has 3 nitrogen and oxygen atoms in total. The van der Waals surface area contributed by atoms with Crippen LogP contribution in [0, 0.1) is 6.92 Å². The summed E-state index contributed by atoms with van der Waals surface area (Å²) in [7, 11) is -0.0596. The first-order chi connectivity index (χ1) is 6.63. The maximum Gasteiger partial charge on any atom is 0.147 e. The van der Waals surface area contributed by atoms with Gasteiger partial charge in [0.15, 0.2) is 0 Å². The van der Waals surface area contributed by atoms with Crippen LogP contribution < -0.4 is 10.5 Å². The minimum atomic E-state index is -0.0596. The van der Waals surface area contributed by atoms with Gasteiger partial charge in [-0.05, 0) is 25.0 Å². The van der Waals surface area contributed by atoms with Gasteiger partial charge in [0.2, 0.25) is 0 Å². The molecule has 14 heavy (non-hydrogen) atoms. The standard InChI is InChI=1S/C10H17N3S/c1-4-5-14(3)13-9-6-8(2)7-12-10(9)11/h6-7,13H,3-5H2,1-2H3,(H2,11,12). The highest BCUT2D eigenvalue weighted by molar-refractivity contribution is 8.15. The minimum Gasteiger partial charge on any atom is -0.382 e. The fourth-order valence-electron chi connectivity index (χ4n) is 1.11. The number of anilines is 2. The van der Waals surface area contributed by atoms with Crippen LogP contribution in [0.1, 0.15) is 18.9 Å². The molecule has 4 heteroatoms. The maximum absolute atomic E-state index is 5.74. The van der Waals surface area contributed by atoms with Gasteiger partial charge in [-0.3, -0.25) is 0 Å². The van der Waals surface area contributed by atoms with E-state index in [4.69, 9.17) is 5.73 Å². The Morgan fingerprint density at radius 2 is 2.36 bits per heavy atom. The summed E-state index contributed by atoms with van der Waals surface area (Å²) >= 11 is 0. The molecule has 0 saturated heterocycles. The monoisotopic (exact) mass is 211 g/mol. The molecule has 0 spiro atoms. The first-order valence-electron chi connectivity index (χ1n) is 4.63. The smallest absolute Gasteiger partial charge is 0.147 e. The molecule has 1 aromatic rings. The van der Waals surface area contributed by atoms with E-state index in [2.05, 4.69) is 22.5 Å². The van der Waals surface area contributed by atoms with Crippen LogP contribution in [0.3, 0.4) is 0 Å². The van der Waals surface area contributed by atoms with Crippen molar-refractivity contribution in [3.63, 3.8) is 0 Å². The summed E-state index contributed by atoms with van der Waals surface area (Å²) in [5.74, 6) is 5.64. The van der Waals surface area contributed by atoms with Gasteiger partial charge in [0.05, 0.1) is 5.69 Å². The largest absolute Gasteiger partial charge is 0.382 e. The lowest BCUT2D eigenvalue weighted by Crippen LogP contribution is -2.00. The molecule has 0 aromatic carbocycles. The number of pyridine rings is 1. The molecule has 0 fully saturated rings. The molecule has 0 amide bonds. The lowest BCUT2D eigenvalue weighted by atomic mass is 10.3. The zero-order valence-corrected chi connectivity index (χ0v) is 9.53. The van der Waals surface area contributed by atoms with Crippen LogP contribution >= 0.6 is 10.7 Å². The summed E-state index contributed by atoms with van der Waals surface area (Å²) in [6.45, 7) is 4.14. The number of aromatic nitrogens is 1. The predicted octanol–water partition coefficient (Wildman–Crippen LogP) is 2.41. The molecule has 78 valence electrons. The van der Waals surface area contributed by atoms with Crippen molar-refractivity contribution in [2.24, 2.45) is 0 Å². The number of nitrogen functional groups attached to an aromatic ring is 1. The van der Waals surface area contributed by atoms with Crippen LogP contribution in [0.4, 0.5) is 11.5 Å². The van der Waals surface area contributed by atoms with Crippen molar-refractivity contribution in [2.75, 3.05) is 16.2 Å². The molecule has 0 bridgehead atoms. The van der Waals surface area contributed by atoms with E-state index in [1.54, 1.807) is 6.20 Å². The molecule has 0 radical (unpaired) electrons. The summed E-state index contributed by atoms with van der Waals surface area (Å²) in [5, 5.41) is 0. The van der Waals surface area contributed by atoms with Crippen molar-refractivity contribution in [1.82, 2.24) is 4.98 Å². The summed E-state index contributed by atoms with van der Waals surface area (Å²) in [5.41, 5.74) is 7.74. The summed E-state index contributed by atoms with van der Waals surface area (Å²) in [6.07, 6.45) is 2.89. The summed E-state index contributed by atoms with van der Waals surface area (Å²) < 4.78 is 3.28. The Balaban J connectivity index is 2.75. The van der Waals surface area contributed by atoms with Crippen LogP contribution in [0.2, 0.25) is 0 Å². The molecule has 1 heterocycles. The van der Waals surface area contributed by atoms with E-state index in [1.165, 1.54) is 0 Å². The molecule has 3 N–H and O–H groups in total. The Morgan fingerprint density at radius 3 is 3.00 bits per heavy atom. The fourth-order valence-corrected chi connectivity index (χ4v) is 2.18. The molecule has 0 saturated carbocycles. The molecule has 0 aliphatic carbocycles. The van der Waals surface area contributed by atoms with Crippen molar-refractivity contribution in [3.05, 3.63) is 17.8 Å². The molecular formula is C10H17N3S. The Bertz CT molecular complexity index is 336. The van der Waals surface area contributed by atoms with Gasteiger partial charge in [-0.1, -0.05) is 12.8 Å². The zero-order chi connectivity index (χ0) is 10.6. The van der Waals surface area contributed by atoms with Crippen LogP contribution in [-0.2, 0) is 0 Å². The van der Waals surface area contributed by atoms with Crippen LogP contribution in [0.15, 0.2) is 12.3 Å². The van der Waals surface area contributed by atoms with Gasteiger partial charge in [0.25, 0.3) is 0 Å². The normalized spacial score (nSPS) is 12.4. The number of aryl methyl sites for hydroxylation is 1. The van der Waals surface area contributed by atoms with Crippen molar-refractivity contribution in [3.8, 4) is 0 Å². The average Bonchev–Trinajstić information content (AvgIpc) is 2.12. The van der Waals surface area contributed by atoms with Gasteiger partial charge in [-0.25, -0.2) is 4.98 Å². The van der Waals surface area contributed by atoms with Crippen LogP contribution in [0.5, 0.6) is 0 Å². The van der Waals surface area contributed by atoms with E-state index >= 15 is 0 Å². The Morgan fingerprint density at radius 1 is 1.64 bits per heavy atom. The van der Waals surface area contributed by atoms with Crippen LogP contribution in [-0.4, -0.2) is 16.6 Å². The Labute approximate surface area is 87.8 Å². The number of nitrogens with zero attached hydrogens (tertiary/aromatic N) is 1. The molecular weight excluding hydrogens is 194 g/mol. The van der Waals surface area contributed by atoms with Crippen molar-refractivity contribution >= 4 is 28.0 Å². The molecule has 0 aliphatic rings. The second kappa shape index (κ2) is 5.00. The third-order valence-electron chi connectivity index (χ3n) is 1.76. The van der Waals surface area contributed by atoms with Gasteiger partial charge in [0, 0.05) is 11.9 Å². The van der Waals surface area contributed by atoms with Gasteiger partial charge in [-0.2, -0.15) is 0 Å². The quantitative estimate of drug-likeness (QED) is 0.752. The average molecular weight is 211 g/mol. The maximum atomic E-state index is 5.74. The SMILES string of the molecule is C=S(CCC)Nc1cc(C)cnc1N. The molecule has 1 aromatic heterocycles. The molecule has 1 atom stereocenters. The van der Waals surface area contributed by atoms with E-state index in [9.17, 15) is 0 Å². The second-order valence-corrected chi connectivity index (χ2v) is 4.84. The molecule has 1 unspecified atom stereocenters. The first kappa shape index (κ1) is 11.0. The van der Waals surface area contributed by atoms with E-state index < -0.39 is 0 Å². The molecule has 1 rings (SSSR count). The molecule has 0 aliphatic heterocycles. The summed E-state index contributed by atoms with van der Waals surface area (Å²) in [4.78, 5) is 4.08. The van der Waals surface area contributed by atoms with Gasteiger partial charge in [-0.15, -0.1) is 10.7 Å². The number of rotatable bonds is 4. The second-order valence-electron chi connectivity index (χ2n) is 3.24.